The lowest BCUT2D eigenvalue weighted by Crippen LogP contribution is -2.26. The first-order valence-corrected chi connectivity index (χ1v) is 8.59. The Kier molecular flexibility index (Phi) is 7.37. The number of unbranched alkanes of at least 4 members (excludes halogenated alkanes) is 1. The zero-order valence-electron chi connectivity index (χ0n) is 14.0. The normalized spacial score (nSPS) is 13.4. The lowest BCUT2D eigenvalue weighted by atomic mass is 10.2. The Morgan fingerprint density at radius 2 is 1.77 bits per heavy atom. The van der Waals surface area contributed by atoms with Crippen LogP contribution in [-0.4, -0.2) is 44.4 Å². The van der Waals surface area contributed by atoms with Crippen molar-refractivity contribution >= 4 is 0 Å². The molecule has 0 radical (unpaired) electrons. The lowest BCUT2D eigenvalue weighted by Gasteiger charge is -2.22. The first-order chi connectivity index (χ1) is 10.8. The highest BCUT2D eigenvalue weighted by atomic mass is 16.6. The van der Waals surface area contributed by atoms with E-state index in [0.29, 0.717) is 13.2 Å². The Hall–Kier alpha value is -1.42. The maximum Gasteiger partial charge on any atom is 0.203 e. The van der Waals surface area contributed by atoms with Gasteiger partial charge in [-0.3, -0.25) is 0 Å². The van der Waals surface area contributed by atoms with E-state index in [4.69, 9.17) is 14.2 Å². The number of fused-ring (bicyclic) bond motifs is 1. The SMILES string of the molecule is CCCN(CCC)CCCCOc1cccc2c1OCCO2. The fraction of sp³-hybridized carbons (Fsp3) is 0.667. The second kappa shape index (κ2) is 9.57. The van der Waals surface area contributed by atoms with E-state index in [9.17, 15) is 0 Å². The third-order valence-corrected chi connectivity index (χ3v) is 3.74. The first kappa shape index (κ1) is 16.9. The molecule has 1 aromatic carbocycles. The van der Waals surface area contributed by atoms with Gasteiger partial charge in [-0.2, -0.15) is 0 Å². The van der Waals surface area contributed by atoms with Crippen LogP contribution < -0.4 is 14.2 Å². The molecule has 0 saturated heterocycles. The molecule has 2 rings (SSSR count). The van der Waals surface area contributed by atoms with Crippen molar-refractivity contribution in [2.45, 2.75) is 39.5 Å². The van der Waals surface area contributed by atoms with Crippen LogP contribution in [0.25, 0.3) is 0 Å². The van der Waals surface area contributed by atoms with E-state index in [2.05, 4.69) is 18.7 Å². The van der Waals surface area contributed by atoms with Crippen LogP contribution in [0.2, 0.25) is 0 Å². The molecule has 0 fully saturated rings. The second-order valence-corrected chi connectivity index (χ2v) is 5.68. The first-order valence-electron chi connectivity index (χ1n) is 8.59. The Bertz CT molecular complexity index is 430. The predicted molar refractivity (Wildman–Crippen MR) is 89.2 cm³/mol. The second-order valence-electron chi connectivity index (χ2n) is 5.68. The van der Waals surface area contributed by atoms with Crippen LogP contribution in [0.1, 0.15) is 39.5 Å². The molecule has 0 unspecified atom stereocenters. The number of hydrogen-bond donors (Lipinski definition) is 0. The molecule has 0 N–H and O–H groups in total. The maximum atomic E-state index is 5.88. The van der Waals surface area contributed by atoms with Crippen molar-refractivity contribution in [1.29, 1.82) is 0 Å². The van der Waals surface area contributed by atoms with Gasteiger partial charge in [0.1, 0.15) is 13.2 Å². The number of benzene rings is 1. The lowest BCUT2D eigenvalue weighted by molar-refractivity contribution is 0.161. The molecule has 0 aromatic heterocycles. The van der Waals surface area contributed by atoms with Crippen LogP contribution in [-0.2, 0) is 0 Å². The summed E-state index contributed by atoms with van der Waals surface area (Å²) in [5.74, 6) is 2.35. The smallest absolute Gasteiger partial charge is 0.203 e. The Morgan fingerprint density at radius 1 is 1.00 bits per heavy atom. The van der Waals surface area contributed by atoms with Gasteiger partial charge in [0.25, 0.3) is 0 Å². The van der Waals surface area contributed by atoms with Crippen molar-refractivity contribution in [1.82, 2.24) is 4.90 Å². The van der Waals surface area contributed by atoms with Crippen molar-refractivity contribution < 1.29 is 14.2 Å². The Balaban J connectivity index is 1.70. The molecular weight excluding hydrogens is 278 g/mol. The molecule has 0 amide bonds. The van der Waals surface area contributed by atoms with Gasteiger partial charge in [-0.25, -0.2) is 0 Å². The molecule has 0 aliphatic carbocycles. The molecule has 0 bridgehead atoms. The zero-order chi connectivity index (χ0) is 15.6. The largest absolute Gasteiger partial charge is 0.490 e. The van der Waals surface area contributed by atoms with Crippen LogP contribution in [0.5, 0.6) is 17.2 Å². The monoisotopic (exact) mass is 307 g/mol. The van der Waals surface area contributed by atoms with Crippen molar-refractivity contribution in [2.75, 3.05) is 39.5 Å². The van der Waals surface area contributed by atoms with E-state index >= 15 is 0 Å². The van der Waals surface area contributed by atoms with Gasteiger partial charge in [-0.1, -0.05) is 19.9 Å². The van der Waals surface area contributed by atoms with Crippen LogP contribution >= 0.6 is 0 Å². The fourth-order valence-corrected chi connectivity index (χ4v) is 2.75. The molecule has 0 spiro atoms. The fourth-order valence-electron chi connectivity index (χ4n) is 2.75. The minimum absolute atomic E-state index is 0.594. The summed E-state index contributed by atoms with van der Waals surface area (Å²) in [7, 11) is 0. The van der Waals surface area contributed by atoms with Crippen LogP contribution in [0, 0.1) is 0 Å². The van der Waals surface area contributed by atoms with Gasteiger partial charge in [-0.05, 0) is 57.5 Å². The van der Waals surface area contributed by atoms with Crippen molar-refractivity contribution in [3.8, 4) is 17.2 Å². The third kappa shape index (κ3) is 5.09. The molecule has 4 nitrogen and oxygen atoms in total. The minimum Gasteiger partial charge on any atom is -0.490 e. The standard InChI is InChI=1S/C18H29NO3/c1-3-10-19(11-4-2)12-5-6-13-20-16-8-7-9-17-18(16)22-15-14-21-17/h7-9H,3-6,10-15H2,1-2H3. The number of para-hydroxylation sites is 1. The van der Waals surface area contributed by atoms with Crippen LogP contribution in [0.15, 0.2) is 18.2 Å². The summed E-state index contributed by atoms with van der Waals surface area (Å²) >= 11 is 0. The van der Waals surface area contributed by atoms with Gasteiger partial charge in [-0.15, -0.1) is 0 Å². The van der Waals surface area contributed by atoms with Crippen LogP contribution in [0.4, 0.5) is 0 Å². The summed E-state index contributed by atoms with van der Waals surface area (Å²) in [4.78, 5) is 2.54. The third-order valence-electron chi connectivity index (χ3n) is 3.74. The Labute approximate surface area is 134 Å². The average molecular weight is 307 g/mol. The summed E-state index contributed by atoms with van der Waals surface area (Å²) < 4.78 is 17.1. The molecule has 1 aliphatic rings. The van der Waals surface area contributed by atoms with Gasteiger partial charge in [0.2, 0.25) is 5.75 Å². The summed E-state index contributed by atoms with van der Waals surface area (Å²) in [5.41, 5.74) is 0. The molecule has 4 heteroatoms. The van der Waals surface area contributed by atoms with E-state index in [0.717, 1.165) is 36.8 Å². The molecule has 1 aromatic rings. The summed E-state index contributed by atoms with van der Waals surface area (Å²) in [5, 5.41) is 0. The summed E-state index contributed by atoms with van der Waals surface area (Å²) in [6.07, 6.45) is 4.69. The minimum atomic E-state index is 0.594. The molecule has 124 valence electrons. The van der Waals surface area contributed by atoms with Crippen molar-refractivity contribution in [2.24, 2.45) is 0 Å². The molecule has 1 heterocycles. The van der Waals surface area contributed by atoms with Gasteiger partial charge in [0.05, 0.1) is 6.61 Å². The van der Waals surface area contributed by atoms with E-state index < -0.39 is 0 Å². The van der Waals surface area contributed by atoms with Gasteiger partial charge < -0.3 is 19.1 Å². The average Bonchev–Trinajstić information content (AvgIpc) is 2.55. The molecule has 0 saturated carbocycles. The van der Waals surface area contributed by atoms with E-state index in [-0.39, 0.29) is 0 Å². The molecular formula is C18H29NO3. The van der Waals surface area contributed by atoms with Gasteiger partial charge in [0.15, 0.2) is 11.5 Å². The van der Waals surface area contributed by atoms with Crippen LogP contribution in [0.3, 0.4) is 0 Å². The predicted octanol–water partition coefficient (Wildman–Crippen LogP) is 3.74. The number of hydrogen-bond acceptors (Lipinski definition) is 4. The topological polar surface area (TPSA) is 30.9 Å². The molecule has 22 heavy (non-hydrogen) atoms. The van der Waals surface area contributed by atoms with Gasteiger partial charge >= 0.3 is 0 Å². The molecule has 1 aliphatic heterocycles. The summed E-state index contributed by atoms with van der Waals surface area (Å²) in [6.45, 7) is 9.98. The highest BCUT2D eigenvalue weighted by Gasteiger charge is 2.16. The van der Waals surface area contributed by atoms with E-state index in [1.165, 1.54) is 32.4 Å². The molecule has 0 atom stereocenters. The highest BCUT2D eigenvalue weighted by molar-refractivity contribution is 5.51. The highest BCUT2D eigenvalue weighted by Crippen LogP contribution is 2.38. The van der Waals surface area contributed by atoms with Crippen molar-refractivity contribution in [3.05, 3.63) is 18.2 Å². The van der Waals surface area contributed by atoms with E-state index in [1.807, 2.05) is 18.2 Å². The number of rotatable bonds is 10. The number of ether oxygens (including phenoxy) is 3. The van der Waals surface area contributed by atoms with Crippen molar-refractivity contribution in [3.63, 3.8) is 0 Å². The maximum absolute atomic E-state index is 5.88. The Morgan fingerprint density at radius 3 is 2.55 bits per heavy atom. The quantitative estimate of drug-likeness (QED) is 0.616. The number of nitrogens with zero attached hydrogens (tertiary/aromatic N) is 1. The van der Waals surface area contributed by atoms with Gasteiger partial charge in [0, 0.05) is 0 Å². The summed E-state index contributed by atoms with van der Waals surface area (Å²) in [6, 6.07) is 5.83. The van der Waals surface area contributed by atoms with E-state index in [1.54, 1.807) is 0 Å². The zero-order valence-corrected chi connectivity index (χ0v) is 14.0.